The molecule has 196 valence electrons. The van der Waals surface area contributed by atoms with Gasteiger partial charge >= 0.3 is 0 Å². The number of furan rings is 1. The molecular weight excluding hydrogens is 480 g/mol. The van der Waals surface area contributed by atoms with Crippen molar-refractivity contribution in [2.75, 3.05) is 47.8 Å². The number of anilines is 3. The largest absolute Gasteiger partial charge is 0.456 e. The number of imidazole rings is 1. The van der Waals surface area contributed by atoms with Crippen molar-refractivity contribution >= 4 is 28.9 Å². The summed E-state index contributed by atoms with van der Waals surface area (Å²) in [5, 5.41) is 5.92. The van der Waals surface area contributed by atoms with Crippen LogP contribution in [0.5, 0.6) is 0 Å². The number of benzene rings is 2. The zero-order chi connectivity index (χ0) is 26.5. The van der Waals surface area contributed by atoms with Crippen molar-refractivity contribution in [2.24, 2.45) is 0 Å². The highest BCUT2D eigenvalue weighted by molar-refractivity contribution is 6.05. The molecule has 4 aromatic rings. The third kappa shape index (κ3) is 5.72. The number of aromatic amines is 1. The summed E-state index contributed by atoms with van der Waals surface area (Å²) in [4.78, 5) is 37.6. The topological polar surface area (TPSA) is 106 Å². The molecule has 9 heteroatoms. The van der Waals surface area contributed by atoms with Gasteiger partial charge in [-0.1, -0.05) is 18.2 Å². The highest BCUT2D eigenvalue weighted by atomic mass is 16.3. The Hall–Kier alpha value is -4.53. The zero-order valence-electron chi connectivity index (χ0n) is 21.7. The Bertz CT molecular complexity index is 1400. The number of nitrogens with one attached hydrogen (secondary N) is 3. The first-order chi connectivity index (χ1) is 18.5. The molecule has 5 rings (SSSR count). The Morgan fingerprint density at radius 1 is 0.947 bits per heavy atom. The summed E-state index contributed by atoms with van der Waals surface area (Å²) >= 11 is 0. The molecule has 1 aliphatic rings. The van der Waals surface area contributed by atoms with E-state index >= 15 is 0 Å². The van der Waals surface area contributed by atoms with Crippen molar-refractivity contribution in [3.8, 4) is 0 Å². The van der Waals surface area contributed by atoms with Crippen molar-refractivity contribution in [1.82, 2.24) is 15.3 Å². The number of nitrogens with zero attached hydrogens (tertiary/aromatic N) is 3. The Kier molecular flexibility index (Phi) is 7.44. The maximum atomic E-state index is 13.0. The normalized spacial score (nSPS) is 13.4. The van der Waals surface area contributed by atoms with E-state index in [4.69, 9.17) is 4.42 Å². The van der Waals surface area contributed by atoms with Crippen LogP contribution in [0.15, 0.2) is 71.5 Å². The lowest BCUT2D eigenvalue weighted by Crippen LogP contribution is -2.47. The van der Waals surface area contributed by atoms with Crippen molar-refractivity contribution in [3.63, 3.8) is 0 Å². The number of hydrogen-bond acceptors (Lipinski definition) is 6. The summed E-state index contributed by atoms with van der Waals surface area (Å²) in [7, 11) is 0. The van der Waals surface area contributed by atoms with Gasteiger partial charge in [0, 0.05) is 62.3 Å². The summed E-state index contributed by atoms with van der Waals surface area (Å²) in [6.45, 7) is 7.67. The quantitative estimate of drug-likeness (QED) is 0.327. The van der Waals surface area contributed by atoms with E-state index in [-0.39, 0.29) is 17.6 Å². The van der Waals surface area contributed by atoms with Crippen LogP contribution in [0, 0.1) is 13.8 Å². The fourth-order valence-electron chi connectivity index (χ4n) is 4.73. The van der Waals surface area contributed by atoms with Gasteiger partial charge in [-0.05, 0) is 55.8 Å². The predicted molar refractivity (Wildman–Crippen MR) is 148 cm³/mol. The molecule has 0 bridgehead atoms. The first-order valence-corrected chi connectivity index (χ1v) is 12.8. The Balaban J connectivity index is 1.33. The van der Waals surface area contributed by atoms with Crippen LogP contribution >= 0.6 is 0 Å². The number of carbonyl (C=O) groups is 2. The number of hydrogen-bond donors (Lipinski definition) is 3. The summed E-state index contributed by atoms with van der Waals surface area (Å²) < 4.78 is 5.52. The summed E-state index contributed by atoms with van der Waals surface area (Å²) in [5.41, 5.74) is 5.38. The van der Waals surface area contributed by atoms with Crippen LogP contribution < -0.4 is 20.4 Å². The molecular formula is C29H32N6O3. The van der Waals surface area contributed by atoms with E-state index in [9.17, 15) is 9.59 Å². The minimum absolute atomic E-state index is 0.204. The van der Waals surface area contributed by atoms with E-state index in [1.54, 1.807) is 43.7 Å². The van der Waals surface area contributed by atoms with E-state index in [0.29, 0.717) is 30.0 Å². The molecule has 1 fully saturated rings. The molecule has 0 atom stereocenters. The third-order valence-electron chi connectivity index (χ3n) is 6.78. The Morgan fingerprint density at radius 2 is 1.71 bits per heavy atom. The number of H-pyrrole nitrogens is 1. The van der Waals surface area contributed by atoms with Gasteiger partial charge in [0.1, 0.15) is 5.76 Å². The molecule has 0 saturated carbocycles. The van der Waals surface area contributed by atoms with Crippen molar-refractivity contribution in [3.05, 3.63) is 95.5 Å². The number of aromatic nitrogens is 2. The molecule has 2 amide bonds. The first-order valence-electron chi connectivity index (χ1n) is 12.8. The average Bonchev–Trinajstić information content (AvgIpc) is 3.61. The first kappa shape index (κ1) is 25.1. The van der Waals surface area contributed by atoms with Crippen LogP contribution in [0.4, 0.5) is 17.1 Å². The van der Waals surface area contributed by atoms with Crippen LogP contribution in [0.25, 0.3) is 0 Å². The SMILES string of the molecule is Cc1ccc(C(=O)Nc2cc(C(=O)NCCc3cnc[nH]3)ccc2N2CCN(c3ccccc3C)CC2)o1. The molecule has 0 unspecified atom stereocenters. The van der Waals surface area contributed by atoms with Gasteiger partial charge < -0.3 is 29.8 Å². The molecule has 38 heavy (non-hydrogen) atoms. The second-order valence-electron chi connectivity index (χ2n) is 9.44. The number of para-hydroxylation sites is 1. The summed E-state index contributed by atoms with van der Waals surface area (Å²) in [5.74, 6) is 0.333. The Labute approximate surface area is 221 Å². The minimum Gasteiger partial charge on any atom is -0.456 e. The lowest BCUT2D eigenvalue weighted by Gasteiger charge is -2.38. The second-order valence-corrected chi connectivity index (χ2v) is 9.44. The van der Waals surface area contributed by atoms with Crippen molar-refractivity contribution < 1.29 is 14.0 Å². The van der Waals surface area contributed by atoms with Crippen molar-refractivity contribution in [1.29, 1.82) is 0 Å². The van der Waals surface area contributed by atoms with E-state index in [0.717, 1.165) is 37.6 Å². The zero-order valence-corrected chi connectivity index (χ0v) is 21.7. The van der Waals surface area contributed by atoms with Gasteiger partial charge in [0.2, 0.25) is 0 Å². The molecule has 3 N–H and O–H groups in total. The van der Waals surface area contributed by atoms with Gasteiger partial charge in [-0.3, -0.25) is 9.59 Å². The van der Waals surface area contributed by atoms with Crippen LogP contribution in [-0.4, -0.2) is 54.5 Å². The molecule has 1 saturated heterocycles. The smallest absolute Gasteiger partial charge is 0.291 e. The number of rotatable bonds is 8. The number of carbonyl (C=O) groups excluding carboxylic acids is 2. The van der Waals surface area contributed by atoms with Gasteiger partial charge in [-0.15, -0.1) is 0 Å². The molecule has 1 aliphatic heterocycles. The number of amides is 2. The number of aryl methyl sites for hydroxylation is 2. The van der Waals surface area contributed by atoms with Crippen LogP contribution in [0.1, 0.15) is 37.9 Å². The lowest BCUT2D eigenvalue weighted by molar-refractivity contribution is 0.0952. The molecule has 2 aromatic heterocycles. The van der Waals surface area contributed by atoms with Gasteiger partial charge in [0.25, 0.3) is 11.8 Å². The van der Waals surface area contributed by atoms with E-state index in [1.807, 2.05) is 6.07 Å². The van der Waals surface area contributed by atoms with Crippen LogP contribution in [0.3, 0.4) is 0 Å². The van der Waals surface area contributed by atoms with Crippen LogP contribution in [0.2, 0.25) is 0 Å². The molecule has 0 radical (unpaired) electrons. The fraction of sp³-hybridized carbons (Fsp3) is 0.276. The second kappa shape index (κ2) is 11.2. The van der Waals surface area contributed by atoms with Gasteiger partial charge in [0.15, 0.2) is 5.76 Å². The van der Waals surface area contributed by atoms with E-state index in [1.165, 1.54) is 11.3 Å². The monoisotopic (exact) mass is 512 g/mol. The molecule has 3 heterocycles. The van der Waals surface area contributed by atoms with E-state index < -0.39 is 0 Å². The van der Waals surface area contributed by atoms with Gasteiger partial charge in [-0.2, -0.15) is 0 Å². The van der Waals surface area contributed by atoms with Gasteiger partial charge in [-0.25, -0.2) is 4.98 Å². The standard InChI is InChI=1S/C29H32N6O3/c1-20-5-3-4-6-25(20)34-13-15-35(16-14-34)26-9-8-22(28(36)31-12-11-23-18-30-19-32-23)17-24(26)33-29(37)27-10-7-21(2)38-27/h3-10,17-19H,11-16H2,1-2H3,(H,30,32)(H,31,36)(H,33,37). The lowest BCUT2D eigenvalue weighted by atomic mass is 10.1. The molecule has 9 nitrogen and oxygen atoms in total. The fourth-order valence-corrected chi connectivity index (χ4v) is 4.73. The highest BCUT2D eigenvalue weighted by Crippen LogP contribution is 2.30. The molecule has 2 aromatic carbocycles. The average molecular weight is 513 g/mol. The minimum atomic E-state index is -0.352. The Morgan fingerprint density at radius 3 is 2.39 bits per heavy atom. The maximum absolute atomic E-state index is 13.0. The van der Waals surface area contributed by atoms with E-state index in [2.05, 4.69) is 61.6 Å². The van der Waals surface area contributed by atoms with Crippen molar-refractivity contribution in [2.45, 2.75) is 20.3 Å². The van der Waals surface area contributed by atoms with Crippen LogP contribution in [-0.2, 0) is 6.42 Å². The predicted octanol–water partition coefficient (Wildman–Crippen LogP) is 4.17. The number of piperazine rings is 1. The molecule has 0 spiro atoms. The molecule has 0 aliphatic carbocycles. The summed E-state index contributed by atoms with van der Waals surface area (Å²) in [6, 6.07) is 17.3. The maximum Gasteiger partial charge on any atom is 0.291 e. The summed E-state index contributed by atoms with van der Waals surface area (Å²) in [6.07, 6.45) is 4.01. The third-order valence-corrected chi connectivity index (χ3v) is 6.78. The van der Waals surface area contributed by atoms with Gasteiger partial charge in [0.05, 0.1) is 17.7 Å². The highest BCUT2D eigenvalue weighted by Gasteiger charge is 2.23.